The summed E-state index contributed by atoms with van der Waals surface area (Å²) in [4.78, 5) is 4.80. The number of nitrogens with one attached hydrogen (secondary N) is 1. The second kappa shape index (κ2) is 5.97. The van der Waals surface area contributed by atoms with Crippen LogP contribution >= 0.6 is 0 Å². The Kier molecular flexibility index (Phi) is 3.79. The summed E-state index contributed by atoms with van der Waals surface area (Å²) in [6.07, 6.45) is 3.13. The van der Waals surface area contributed by atoms with Crippen LogP contribution in [0.25, 0.3) is 0 Å². The van der Waals surface area contributed by atoms with E-state index in [1.54, 1.807) is 0 Å². The zero-order chi connectivity index (χ0) is 16.7. The lowest BCUT2D eigenvalue weighted by atomic mass is 10.0. The van der Waals surface area contributed by atoms with Gasteiger partial charge in [0.15, 0.2) is 5.96 Å². The van der Waals surface area contributed by atoms with Crippen LogP contribution in [0.15, 0.2) is 47.5 Å². The van der Waals surface area contributed by atoms with E-state index in [0.29, 0.717) is 23.8 Å². The number of guanidine groups is 1. The Labute approximate surface area is 144 Å². The lowest BCUT2D eigenvalue weighted by Crippen LogP contribution is -2.25. The van der Waals surface area contributed by atoms with Crippen LogP contribution in [0.2, 0.25) is 0 Å². The van der Waals surface area contributed by atoms with Gasteiger partial charge in [0.2, 0.25) is 0 Å². The molecule has 0 aromatic heterocycles. The van der Waals surface area contributed by atoms with Gasteiger partial charge in [-0.25, -0.2) is 4.99 Å². The molecule has 24 heavy (non-hydrogen) atoms. The summed E-state index contributed by atoms with van der Waals surface area (Å²) in [6, 6.07) is 15.6. The summed E-state index contributed by atoms with van der Waals surface area (Å²) in [6.45, 7) is 4.35. The molecule has 2 aromatic rings. The molecule has 4 rings (SSSR count). The van der Waals surface area contributed by atoms with E-state index in [1.165, 1.54) is 22.3 Å². The summed E-state index contributed by atoms with van der Waals surface area (Å²) < 4.78 is 0. The normalized spacial score (nSPS) is 24.4. The summed E-state index contributed by atoms with van der Waals surface area (Å²) in [5, 5.41) is 3.39. The first-order chi connectivity index (χ1) is 11.7. The standard InChI is InChI=1S/C21H25N3/c1-3-13-9-7-10-14(4-2)19(13)23-21(22)24-20-17-12-15-8-5-6-11-16(15)18(17)20/h5-11,17-18,20H,3-4,12H2,1-2H3,(H3,22,23,24). The zero-order valence-electron chi connectivity index (χ0n) is 14.4. The molecule has 3 heteroatoms. The fourth-order valence-electron chi connectivity index (χ4n) is 4.22. The van der Waals surface area contributed by atoms with Crippen LogP contribution in [-0.2, 0) is 19.3 Å². The number of para-hydroxylation sites is 1. The van der Waals surface area contributed by atoms with E-state index in [0.717, 1.165) is 24.9 Å². The number of nitrogens with two attached hydrogens (primary N) is 1. The van der Waals surface area contributed by atoms with Gasteiger partial charge in [-0.15, -0.1) is 0 Å². The molecule has 0 heterocycles. The van der Waals surface area contributed by atoms with Gasteiger partial charge in [0, 0.05) is 11.6 Å². The Bertz CT molecular complexity index is 771. The summed E-state index contributed by atoms with van der Waals surface area (Å²) >= 11 is 0. The molecule has 0 spiro atoms. The monoisotopic (exact) mass is 319 g/mol. The lowest BCUT2D eigenvalue weighted by Gasteiger charge is -2.15. The molecule has 0 aliphatic heterocycles. The first-order valence-corrected chi connectivity index (χ1v) is 9.01. The third-order valence-electron chi connectivity index (χ3n) is 5.54. The van der Waals surface area contributed by atoms with Crippen molar-refractivity contribution in [1.82, 2.24) is 0 Å². The van der Waals surface area contributed by atoms with Crippen molar-refractivity contribution in [3.8, 4) is 0 Å². The number of hydrogen-bond acceptors (Lipinski definition) is 1. The molecule has 3 N–H and O–H groups in total. The number of nitrogens with zero attached hydrogens (tertiary/aromatic N) is 1. The average Bonchev–Trinajstić information content (AvgIpc) is 3.11. The van der Waals surface area contributed by atoms with Crippen molar-refractivity contribution in [3.05, 3.63) is 64.7 Å². The molecular formula is C21H25N3. The van der Waals surface area contributed by atoms with Crippen molar-refractivity contribution in [2.75, 3.05) is 5.32 Å². The van der Waals surface area contributed by atoms with Crippen molar-refractivity contribution in [2.24, 2.45) is 16.6 Å². The number of fused-ring (bicyclic) bond motifs is 3. The fraction of sp³-hybridized carbons (Fsp3) is 0.381. The largest absolute Gasteiger partial charge is 0.370 e. The fourth-order valence-corrected chi connectivity index (χ4v) is 4.22. The predicted octanol–water partition coefficient (Wildman–Crippen LogP) is 3.88. The number of rotatable bonds is 4. The maximum absolute atomic E-state index is 6.26. The quantitative estimate of drug-likeness (QED) is 0.664. The molecular weight excluding hydrogens is 294 g/mol. The first kappa shape index (κ1) is 15.3. The molecule has 0 amide bonds. The molecule has 1 fully saturated rings. The minimum absolute atomic E-state index is 0.353. The van der Waals surface area contributed by atoms with Gasteiger partial charge in [-0.3, -0.25) is 0 Å². The van der Waals surface area contributed by atoms with Crippen LogP contribution in [-0.4, -0.2) is 12.0 Å². The molecule has 2 aliphatic rings. The topological polar surface area (TPSA) is 50.4 Å². The van der Waals surface area contributed by atoms with Crippen LogP contribution in [0.1, 0.15) is 42.0 Å². The average molecular weight is 319 g/mol. The number of hydrogen-bond donors (Lipinski definition) is 2. The van der Waals surface area contributed by atoms with Crippen molar-refractivity contribution in [2.45, 2.75) is 45.1 Å². The minimum Gasteiger partial charge on any atom is -0.370 e. The third-order valence-corrected chi connectivity index (χ3v) is 5.54. The van der Waals surface area contributed by atoms with Crippen LogP contribution in [0, 0.1) is 5.92 Å². The van der Waals surface area contributed by atoms with Crippen molar-refractivity contribution < 1.29 is 0 Å². The smallest absolute Gasteiger partial charge is 0.193 e. The predicted molar refractivity (Wildman–Crippen MR) is 101 cm³/mol. The van der Waals surface area contributed by atoms with Gasteiger partial charge in [0.05, 0.1) is 6.04 Å². The van der Waals surface area contributed by atoms with E-state index in [9.17, 15) is 0 Å². The maximum atomic E-state index is 6.26. The SMILES string of the molecule is CCc1cccc(CC)c1NC(N)=NC1C2Cc3ccccc3C21. The van der Waals surface area contributed by atoms with Gasteiger partial charge in [-0.05, 0) is 47.4 Å². The van der Waals surface area contributed by atoms with Gasteiger partial charge in [0.25, 0.3) is 0 Å². The number of aryl methyl sites for hydroxylation is 2. The van der Waals surface area contributed by atoms with Crippen LogP contribution in [0.5, 0.6) is 0 Å². The second-order valence-corrected chi connectivity index (χ2v) is 6.88. The Balaban J connectivity index is 1.53. The van der Waals surface area contributed by atoms with Gasteiger partial charge < -0.3 is 11.1 Å². The van der Waals surface area contributed by atoms with E-state index < -0.39 is 0 Å². The van der Waals surface area contributed by atoms with Crippen molar-refractivity contribution in [1.29, 1.82) is 0 Å². The zero-order valence-corrected chi connectivity index (χ0v) is 14.4. The molecule has 0 radical (unpaired) electrons. The molecule has 3 nitrogen and oxygen atoms in total. The van der Waals surface area contributed by atoms with Crippen LogP contribution < -0.4 is 11.1 Å². The third kappa shape index (κ3) is 2.48. The van der Waals surface area contributed by atoms with Crippen LogP contribution in [0.4, 0.5) is 5.69 Å². The maximum Gasteiger partial charge on any atom is 0.193 e. The van der Waals surface area contributed by atoms with E-state index in [4.69, 9.17) is 10.7 Å². The first-order valence-electron chi connectivity index (χ1n) is 9.01. The lowest BCUT2D eigenvalue weighted by molar-refractivity contribution is 0.801. The minimum atomic E-state index is 0.353. The van der Waals surface area contributed by atoms with Gasteiger partial charge >= 0.3 is 0 Å². The van der Waals surface area contributed by atoms with E-state index >= 15 is 0 Å². The van der Waals surface area contributed by atoms with Gasteiger partial charge in [-0.2, -0.15) is 0 Å². The van der Waals surface area contributed by atoms with Crippen molar-refractivity contribution in [3.63, 3.8) is 0 Å². The Morgan fingerprint density at radius 3 is 2.50 bits per heavy atom. The van der Waals surface area contributed by atoms with E-state index in [1.807, 2.05) is 0 Å². The Morgan fingerprint density at radius 2 is 1.79 bits per heavy atom. The second-order valence-electron chi connectivity index (χ2n) is 6.88. The highest BCUT2D eigenvalue weighted by molar-refractivity contribution is 5.94. The van der Waals surface area contributed by atoms with Crippen molar-refractivity contribution >= 4 is 11.6 Å². The van der Waals surface area contributed by atoms with Gasteiger partial charge in [0.1, 0.15) is 0 Å². The highest BCUT2D eigenvalue weighted by atomic mass is 15.1. The Morgan fingerprint density at radius 1 is 1.08 bits per heavy atom. The summed E-state index contributed by atoms with van der Waals surface area (Å²) in [7, 11) is 0. The molecule has 3 atom stereocenters. The molecule has 0 saturated heterocycles. The summed E-state index contributed by atoms with van der Waals surface area (Å²) in [5.74, 6) is 1.78. The Hall–Kier alpha value is -2.29. The molecule has 0 bridgehead atoms. The molecule has 1 saturated carbocycles. The molecule has 2 aliphatic carbocycles. The number of aliphatic imine (C=N–C) groups is 1. The number of benzene rings is 2. The number of anilines is 1. The molecule has 2 aromatic carbocycles. The van der Waals surface area contributed by atoms with Gasteiger partial charge in [-0.1, -0.05) is 56.3 Å². The summed E-state index contributed by atoms with van der Waals surface area (Å²) in [5.41, 5.74) is 13.0. The molecule has 3 unspecified atom stereocenters. The highest BCUT2D eigenvalue weighted by Gasteiger charge is 2.55. The molecule has 124 valence electrons. The van der Waals surface area contributed by atoms with E-state index in [-0.39, 0.29) is 0 Å². The highest BCUT2D eigenvalue weighted by Crippen LogP contribution is 2.58. The van der Waals surface area contributed by atoms with E-state index in [2.05, 4.69) is 61.6 Å². The van der Waals surface area contributed by atoms with Crippen LogP contribution in [0.3, 0.4) is 0 Å².